The summed E-state index contributed by atoms with van der Waals surface area (Å²) in [4.78, 5) is 51.0. The lowest BCUT2D eigenvalue weighted by Gasteiger charge is -2.10. The Hall–Kier alpha value is -3.82. The zero-order valence-electron chi connectivity index (χ0n) is 14.1. The van der Waals surface area contributed by atoms with Gasteiger partial charge in [-0.15, -0.1) is 0 Å². The zero-order chi connectivity index (χ0) is 19.6. The number of ether oxygens (including phenoxy) is 1. The van der Waals surface area contributed by atoms with Gasteiger partial charge in [-0.3, -0.25) is 29.5 Å². The molecule has 0 saturated carbocycles. The van der Waals surface area contributed by atoms with Crippen molar-refractivity contribution in [2.75, 3.05) is 17.2 Å². The van der Waals surface area contributed by atoms with Crippen molar-refractivity contribution >= 4 is 34.8 Å². The molecule has 1 aromatic heterocycles. The van der Waals surface area contributed by atoms with E-state index in [1.807, 2.05) is 0 Å². The number of nitro groups is 1. The lowest BCUT2D eigenvalue weighted by Crippen LogP contribution is -2.23. The van der Waals surface area contributed by atoms with Crippen LogP contribution in [0.3, 0.4) is 0 Å². The smallest absolute Gasteiger partial charge is 0.323 e. The Morgan fingerprint density at radius 1 is 1.41 bits per heavy atom. The molecule has 138 valence electrons. The maximum Gasteiger partial charge on any atom is 0.323 e. The first-order chi connectivity index (χ1) is 12.9. The topological polar surface area (TPSA) is 141 Å². The number of carbonyl (C=O) groups excluding carboxylic acids is 3. The van der Waals surface area contributed by atoms with E-state index in [1.165, 1.54) is 24.5 Å². The third-order valence-electron chi connectivity index (χ3n) is 3.89. The second kappa shape index (κ2) is 7.20. The van der Waals surface area contributed by atoms with E-state index in [4.69, 9.17) is 4.74 Å². The highest BCUT2D eigenvalue weighted by Gasteiger charge is 2.40. The molecule has 3 rings (SSSR count). The van der Waals surface area contributed by atoms with Crippen molar-refractivity contribution in [3.63, 3.8) is 0 Å². The molecule has 2 heterocycles. The Bertz CT molecular complexity index is 944. The van der Waals surface area contributed by atoms with Gasteiger partial charge in [0.05, 0.1) is 17.1 Å². The summed E-state index contributed by atoms with van der Waals surface area (Å²) < 4.78 is 4.86. The number of amides is 2. The van der Waals surface area contributed by atoms with E-state index < -0.39 is 34.3 Å². The Balaban J connectivity index is 1.99. The van der Waals surface area contributed by atoms with Gasteiger partial charge >= 0.3 is 5.97 Å². The standard InChI is InChI=1S/C17H14N4O6/c1-2-27-17(24)14-10-6-13(21(25)26)12(7-11(10)19-16(14)23)20-15(22)9-4-3-5-18-8-9/h3-8,14H,2H2,1H3,(H,19,23)(H,20,22). The number of fused-ring (bicyclic) bond motifs is 1. The predicted octanol–water partition coefficient (Wildman–Crippen LogP) is 1.84. The Morgan fingerprint density at radius 3 is 2.81 bits per heavy atom. The Morgan fingerprint density at radius 2 is 2.19 bits per heavy atom. The van der Waals surface area contributed by atoms with Crippen LogP contribution in [-0.2, 0) is 14.3 Å². The van der Waals surface area contributed by atoms with Crippen LogP contribution in [0.5, 0.6) is 0 Å². The number of esters is 1. The van der Waals surface area contributed by atoms with Gasteiger partial charge in [0.1, 0.15) is 5.69 Å². The maximum atomic E-state index is 12.3. The Labute approximate surface area is 152 Å². The van der Waals surface area contributed by atoms with Crippen LogP contribution in [0, 0.1) is 10.1 Å². The van der Waals surface area contributed by atoms with Crippen LogP contribution >= 0.6 is 0 Å². The molecule has 1 aliphatic rings. The molecule has 0 spiro atoms. The van der Waals surface area contributed by atoms with Gasteiger partial charge in [0.15, 0.2) is 5.92 Å². The van der Waals surface area contributed by atoms with Crippen LogP contribution in [0.1, 0.15) is 28.8 Å². The SMILES string of the molecule is CCOC(=O)C1C(=O)Nc2cc(NC(=O)c3cccnc3)c([N+](=O)[O-])cc21. The summed E-state index contributed by atoms with van der Waals surface area (Å²) in [6.45, 7) is 1.66. The number of rotatable bonds is 5. The fraction of sp³-hybridized carbons (Fsp3) is 0.176. The number of nitro benzene ring substituents is 1. The molecule has 0 radical (unpaired) electrons. The molecule has 0 aliphatic carbocycles. The molecule has 27 heavy (non-hydrogen) atoms. The number of nitrogens with zero attached hydrogens (tertiary/aromatic N) is 2. The van der Waals surface area contributed by atoms with E-state index >= 15 is 0 Å². The van der Waals surface area contributed by atoms with E-state index in [0.29, 0.717) is 0 Å². The molecular weight excluding hydrogens is 356 g/mol. The second-order valence-corrected chi connectivity index (χ2v) is 5.58. The summed E-state index contributed by atoms with van der Waals surface area (Å²) in [6.07, 6.45) is 2.80. The molecule has 0 saturated heterocycles. The van der Waals surface area contributed by atoms with E-state index in [2.05, 4.69) is 15.6 Å². The fourth-order valence-corrected chi connectivity index (χ4v) is 2.70. The van der Waals surface area contributed by atoms with E-state index in [1.54, 1.807) is 13.0 Å². The number of aromatic nitrogens is 1. The van der Waals surface area contributed by atoms with Gasteiger partial charge in [-0.2, -0.15) is 0 Å². The summed E-state index contributed by atoms with van der Waals surface area (Å²) in [5.41, 5.74) is -0.0235. The molecule has 0 fully saturated rings. The fourth-order valence-electron chi connectivity index (χ4n) is 2.70. The minimum absolute atomic E-state index is 0.0687. The molecule has 1 atom stereocenters. The molecular formula is C17H14N4O6. The highest BCUT2D eigenvalue weighted by atomic mass is 16.6. The van der Waals surface area contributed by atoms with Crippen LogP contribution < -0.4 is 10.6 Å². The zero-order valence-corrected chi connectivity index (χ0v) is 14.1. The molecule has 2 N–H and O–H groups in total. The summed E-state index contributed by atoms with van der Waals surface area (Å²) in [5.74, 6) is -3.33. The van der Waals surface area contributed by atoms with Crippen LogP contribution in [0.2, 0.25) is 0 Å². The van der Waals surface area contributed by atoms with Crippen molar-refractivity contribution in [2.45, 2.75) is 12.8 Å². The van der Waals surface area contributed by atoms with Crippen LogP contribution in [0.4, 0.5) is 17.1 Å². The largest absolute Gasteiger partial charge is 0.465 e. The van der Waals surface area contributed by atoms with Gasteiger partial charge in [-0.05, 0) is 25.1 Å². The minimum atomic E-state index is -1.29. The van der Waals surface area contributed by atoms with E-state index in [-0.39, 0.29) is 29.1 Å². The number of benzene rings is 1. The number of carbonyl (C=O) groups is 3. The van der Waals surface area contributed by atoms with Gasteiger partial charge in [0, 0.05) is 29.7 Å². The molecule has 10 heteroatoms. The van der Waals surface area contributed by atoms with Crippen molar-refractivity contribution < 1.29 is 24.0 Å². The number of hydrogen-bond acceptors (Lipinski definition) is 7. The number of hydrogen-bond donors (Lipinski definition) is 2. The lowest BCUT2D eigenvalue weighted by atomic mass is 9.99. The average molecular weight is 370 g/mol. The normalized spacial score (nSPS) is 14.9. The third-order valence-corrected chi connectivity index (χ3v) is 3.89. The van der Waals surface area contributed by atoms with Crippen LogP contribution in [0.25, 0.3) is 0 Å². The Kier molecular flexibility index (Phi) is 4.79. The highest BCUT2D eigenvalue weighted by molar-refractivity contribution is 6.16. The molecule has 10 nitrogen and oxygen atoms in total. The minimum Gasteiger partial charge on any atom is -0.465 e. The van der Waals surface area contributed by atoms with Gasteiger partial charge in [0.2, 0.25) is 5.91 Å². The summed E-state index contributed by atoms with van der Waals surface area (Å²) in [7, 11) is 0. The predicted molar refractivity (Wildman–Crippen MR) is 93.3 cm³/mol. The second-order valence-electron chi connectivity index (χ2n) is 5.58. The molecule has 0 bridgehead atoms. The van der Waals surface area contributed by atoms with Crippen molar-refractivity contribution in [1.82, 2.24) is 4.98 Å². The number of nitrogens with one attached hydrogen (secondary N) is 2. The quantitative estimate of drug-likeness (QED) is 0.354. The molecule has 2 amide bonds. The molecule has 1 aromatic carbocycles. The maximum absolute atomic E-state index is 12.3. The van der Waals surface area contributed by atoms with Crippen molar-refractivity contribution in [3.05, 3.63) is 57.9 Å². The molecule has 2 aromatic rings. The molecule has 1 unspecified atom stereocenters. The first kappa shape index (κ1) is 18.0. The van der Waals surface area contributed by atoms with Gasteiger partial charge < -0.3 is 15.4 Å². The van der Waals surface area contributed by atoms with E-state index in [0.717, 1.165) is 6.07 Å². The van der Waals surface area contributed by atoms with Crippen LogP contribution in [0.15, 0.2) is 36.7 Å². The average Bonchev–Trinajstić information content (AvgIpc) is 2.96. The van der Waals surface area contributed by atoms with Crippen LogP contribution in [-0.4, -0.2) is 34.3 Å². The first-order valence-electron chi connectivity index (χ1n) is 7.93. The van der Waals surface area contributed by atoms with Crippen molar-refractivity contribution in [2.24, 2.45) is 0 Å². The van der Waals surface area contributed by atoms with E-state index in [9.17, 15) is 24.5 Å². The van der Waals surface area contributed by atoms with Gasteiger partial charge in [0.25, 0.3) is 11.6 Å². The number of pyridine rings is 1. The summed E-state index contributed by atoms with van der Waals surface area (Å²) in [5, 5.41) is 16.4. The first-order valence-corrected chi connectivity index (χ1v) is 7.93. The van der Waals surface area contributed by atoms with Gasteiger partial charge in [-0.1, -0.05) is 0 Å². The highest BCUT2D eigenvalue weighted by Crippen LogP contribution is 2.40. The van der Waals surface area contributed by atoms with Crippen molar-refractivity contribution in [1.29, 1.82) is 0 Å². The van der Waals surface area contributed by atoms with Gasteiger partial charge in [-0.25, -0.2) is 0 Å². The lowest BCUT2D eigenvalue weighted by molar-refractivity contribution is -0.384. The third kappa shape index (κ3) is 3.45. The summed E-state index contributed by atoms with van der Waals surface area (Å²) in [6, 6.07) is 5.39. The summed E-state index contributed by atoms with van der Waals surface area (Å²) >= 11 is 0. The van der Waals surface area contributed by atoms with Crippen molar-refractivity contribution in [3.8, 4) is 0 Å². The monoisotopic (exact) mass is 370 g/mol. The number of anilines is 2. The molecule has 1 aliphatic heterocycles.